The molecule has 0 aliphatic rings. The third-order valence-corrected chi connectivity index (χ3v) is 5.33. The van der Waals surface area contributed by atoms with Crippen molar-refractivity contribution >= 4 is 26.7 Å². The number of pyridine rings is 1. The molecule has 27 heavy (non-hydrogen) atoms. The molecule has 0 amide bonds. The summed E-state index contributed by atoms with van der Waals surface area (Å²) in [6.45, 7) is 1.14. The van der Waals surface area contributed by atoms with Gasteiger partial charge >= 0.3 is 15.5 Å². The molecule has 0 aromatic carbocycles. The molecule has 12 heteroatoms. The van der Waals surface area contributed by atoms with Crippen molar-refractivity contribution in [2.75, 3.05) is 6.54 Å². The molecule has 3 rings (SSSR count). The molecular weight excluding hydrogens is 389 g/mol. The highest BCUT2D eigenvalue weighted by atomic mass is 32.2. The van der Waals surface area contributed by atoms with Gasteiger partial charge in [-0.25, -0.2) is 18.1 Å². The van der Waals surface area contributed by atoms with Gasteiger partial charge in [0.05, 0.1) is 5.69 Å². The molecule has 3 aromatic heterocycles. The van der Waals surface area contributed by atoms with E-state index in [1.165, 1.54) is 9.12 Å². The van der Waals surface area contributed by atoms with Crippen molar-refractivity contribution in [1.29, 1.82) is 0 Å². The van der Waals surface area contributed by atoms with E-state index in [0.717, 1.165) is 4.57 Å². The van der Waals surface area contributed by atoms with Gasteiger partial charge in [0.1, 0.15) is 16.7 Å². The smallest absolute Gasteiger partial charge is 0.283 e. The second-order valence-electron chi connectivity index (χ2n) is 5.96. The maximum absolute atomic E-state index is 12.6. The number of nitrogens with zero attached hydrogens (tertiary/aromatic N) is 3. The second-order valence-corrected chi connectivity index (χ2v) is 7.72. The van der Waals surface area contributed by atoms with Crippen LogP contribution in [0.25, 0.3) is 16.7 Å². The minimum absolute atomic E-state index is 0.0226. The molecule has 8 nitrogen and oxygen atoms in total. The summed E-state index contributed by atoms with van der Waals surface area (Å²) in [4.78, 5) is 29.5. The van der Waals surface area contributed by atoms with E-state index < -0.39 is 33.2 Å². The number of alkyl halides is 3. The van der Waals surface area contributed by atoms with E-state index >= 15 is 0 Å². The van der Waals surface area contributed by atoms with Crippen LogP contribution in [0.15, 0.2) is 27.8 Å². The van der Waals surface area contributed by atoms with Crippen molar-refractivity contribution in [3.05, 3.63) is 44.6 Å². The van der Waals surface area contributed by atoms with Gasteiger partial charge in [0, 0.05) is 13.1 Å². The summed E-state index contributed by atoms with van der Waals surface area (Å²) in [7, 11) is -5.40. The fourth-order valence-electron chi connectivity index (χ4n) is 2.87. The van der Waals surface area contributed by atoms with E-state index in [-0.39, 0.29) is 30.4 Å². The highest BCUT2D eigenvalue weighted by Crippen LogP contribution is 2.21. The monoisotopic (exact) mass is 404 g/mol. The van der Waals surface area contributed by atoms with E-state index in [0.29, 0.717) is 11.3 Å². The zero-order chi connectivity index (χ0) is 20.0. The third-order valence-electron chi connectivity index (χ3n) is 4.14. The van der Waals surface area contributed by atoms with Gasteiger partial charge in [-0.05, 0) is 31.9 Å². The molecule has 0 aliphatic heterocycles. The van der Waals surface area contributed by atoms with Gasteiger partial charge in [-0.2, -0.15) is 13.2 Å². The van der Waals surface area contributed by atoms with Crippen LogP contribution in [-0.4, -0.2) is 34.4 Å². The number of unbranched alkanes of at least 4 members (excludes halogenated alkanes) is 1. The number of rotatable bonds is 6. The number of imidazole rings is 1. The molecular formula is C15H15F3N4O4S. The van der Waals surface area contributed by atoms with Crippen LogP contribution in [-0.2, 0) is 16.6 Å². The van der Waals surface area contributed by atoms with Crippen molar-refractivity contribution in [2.24, 2.45) is 0 Å². The van der Waals surface area contributed by atoms with E-state index in [1.54, 1.807) is 25.1 Å². The molecule has 0 aliphatic carbocycles. The Morgan fingerprint density at radius 2 is 1.85 bits per heavy atom. The Hall–Kier alpha value is -2.47. The predicted octanol–water partition coefficient (Wildman–Crippen LogP) is 0.975. The highest BCUT2D eigenvalue weighted by molar-refractivity contribution is 7.90. The van der Waals surface area contributed by atoms with Gasteiger partial charge in [0.15, 0.2) is 0 Å². The molecule has 3 aromatic rings. The molecule has 0 spiro atoms. The Bertz CT molecular complexity index is 1210. The number of hydrogen-bond donors (Lipinski definition) is 1. The fraction of sp³-hybridized carbons (Fsp3) is 0.400. The number of nitrogens with one attached hydrogen (secondary N) is 1. The van der Waals surface area contributed by atoms with Crippen LogP contribution in [0.2, 0.25) is 0 Å². The Morgan fingerprint density at radius 3 is 2.52 bits per heavy atom. The Morgan fingerprint density at radius 1 is 1.15 bits per heavy atom. The summed E-state index contributed by atoms with van der Waals surface area (Å²) < 4.78 is 62.4. The zero-order valence-corrected chi connectivity index (χ0v) is 14.9. The standard InChI is InChI=1S/C15H15F3N4O4S/c1-9-12-14(24)21(8-3-2-7-19-27(25,26)15(16,17)18)13(23)10-5-4-6-11(20-9)22(10)12/h4-6,19H,2-3,7-8H2,1H3. The summed E-state index contributed by atoms with van der Waals surface area (Å²) in [5.41, 5.74) is -4.99. The van der Waals surface area contributed by atoms with E-state index in [9.17, 15) is 31.2 Å². The van der Waals surface area contributed by atoms with E-state index in [2.05, 4.69) is 4.98 Å². The molecule has 146 valence electrons. The molecule has 0 atom stereocenters. The molecule has 0 bridgehead atoms. The normalized spacial score (nSPS) is 13.0. The summed E-state index contributed by atoms with van der Waals surface area (Å²) >= 11 is 0. The van der Waals surface area contributed by atoms with Gasteiger partial charge in [-0.3, -0.25) is 18.6 Å². The molecule has 0 saturated carbocycles. The lowest BCUT2D eigenvalue weighted by Gasteiger charge is -2.10. The zero-order valence-electron chi connectivity index (χ0n) is 14.1. The summed E-state index contributed by atoms with van der Waals surface area (Å²) in [5, 5.41) is 0. The van der Waals surface area contributed by atoms with Crippen LogP contribution in [0.1, 0.15) is 18.5 Å². The first-order valence-corrected chi connectivity index (χ1v) is 9.43. The van der Waals surface area contributed by atoms with Crippen molar-refractivity contribution in [3.8, 4) is 0 Å². The van der Waals surface area contributed by atoms with Crippen molar-refractivity contribution in [2.45, 2.75) is 31.8 Å². The second kappa shape index (κ2) is 6.60. The number of sulfonamides is 1. The summed E-state index contributed by atoms with van der Waals surface area (Å²) in [5.74, 6) is 0. The number of aromatic nitrogens is 3. The maximum atomic E-state index is 12.6. The van der Waals surface area contributed by atoms with Gasteiger partial charge < -0.3 is 0 Å². The molecule has 0 unspecified atom stereocenters. The van der Waals surface area contributed by atoms with Crippen LogP contribution in [0.5, 0.6) is 0 Å². The van der Waals surface area contributed by atoms with Crippen LogP contribution in [0.4, 0.5) is 13.2 Å². The predicted molar refractivity (Wildman–Crippen MR) is 91.4 cm³/mol. The Labute approximate surface area is 150 Å². The van der Waals surface area contributed by atoms with Crippen LogP contribution < -0.4 is 15.8 Å². The average molecular weight is 404 g/mol. The maximum Gasteiger partial charge on any atom is 0.511 e. The van der Waals surface area contributed by atoms with Gasteiger partial charge in [-0.15, -0.1) is 0 Å². The molecule has 0 radical (unpaired) electrons. The lowest BCUT2D eigenvalue weighted by atomic mass is 10.3. The highest BCUT2D eigenvalue weighted by Gasteiger charge is 2.45. The van der Waals surface area contributed by atoms with Crippen molar-refractivity contribution < 1.29 is 21.6 Å². The average Bonchev–Trinajstić information content (AvgIpc) is 2.90. The first kappa shape index (κ1) is 19.3. The van der Waals surface area contributed by atoms with E-state index in [1.807, 2.05) is 0 Å². The van der Waals surface area contributed by atoms with Crippen molar-refractivity contribution in [1.82, 2.24) is 18.7 Å². The molecule has 0 fully saturated rings. The third kappa shape index (κ3) is 3.30. The first-order valence-electron chi connectivity index (χ1n) is 7.95. The number of halogens is 3. The molecule has 1 N–H and O–H groups in total. The summed E-state index contributed by atoms with van der Waals surface area (Å²) in [6.07, 6.45) is 0.163. The number of aryl methyl sites for hydroxylation is 1. The van der Waals surface area contributed by atoms with Gasteiger partial charge in [0.25, 0.3) is 11.1 Å². The first-order chi connectivity index (χ1) is 12.5. The van der Waals surface area contributed by atoms with Gasteiger partial charge in [0.2, 0.25) is 0 Å². The largest absolute Gasteiger partial charge is 0.511 e. The van der Waals surface area contributed by atoms with Crippen molar-refractivity contribution in [3.63, 3.8) is 0 Å². The lowest BCUT2D eigenvalue weighted by molar-refractivity contribution is -0.0447. The summed E-state index contributed by atoms with van der Waals surface area (Å²) in [6, 6.07) is 4.86. The minimum Gasteiger partial charge on any atom is -0.283 e. The molecule has 3 heterocycles. The Kier molecular flexibility index (Phi) is 4.72. The van der Waals surface area contributed by atoms with Crippen LogP contribution in [0, 0.1) is 6.92 Å². The van der Waals surface area contributed by atoms with Crippen LogP contribution >= 0.6 is 0 Å². The van der Waals surface area contributed by atoms with Gasteiger partial charge in [-0.1, -0.05) is 6.07 Å². The van der Waals surface area contributed by atoms with Crippen LogP contribution in [0.3, 0.4) is 0 Å². The SMILES string of the molecule is Cc1nc2cccc3c(=O)n(CCCCNS(=O)(=O)C(F)(F)F)c(=O)c1n23. The molecule has 0 saturated heterocycles. The minimum atomic E-state index is -5.40. The fourth-order valence-corrected chi connectivity index (χ4v) is 3.45. The Balaban J connectivity index is 1.80. The quantitative estimate of drug-likeness (QED) is 0.617. The number of hydrogen-bond acceptors (Lipinski definition) is 5. The topological polar surface area (TPSA) is 103 Å². The lowest BCUT2D eigenvalue weighted by Crippen LogP contribution is -2.37. The van der Waals surface area contributed by atoms with E-state index in [4.69, 9.17) is 0 Å².